The lowest BCUT2D eigenvalue weighted by atomic mass is 9.85. The molecule has 1 heterocycles. The van der Waals surface area contributed by atoms with Gasteiger partial charge in [0.05, 0.1) is 0 Å². The van der Waals surface area contributed by atoms with Crippen LogP contribution in [0.3, 0.4) is 0 Å². The Morgan fingerprint density at radius 2 is 0.506 bits per heavy atom. The summed E-state index contributed by atoms with van der Waals surface area (Å²) in [5.41, 5.74) is 16.3. The summed E-state index contributed by atoms with van der Waals surface area (Å²) in [6, 6.07) is 103. The predicted molar refractivity (Wildman–Crippen MR) is 329 cm³/mol. The van der Waals surface area contributed by atoms with Crippen LogP contribution in [0.5, 0.6) is 0 Å². The molecule has 1 nitrogen and oxygen atoms in total. The summed E-state index contributed by atoms with van der Waals surface area (Å²) in [6.45, 7) is 0. The Bertz CT molecular complexity index is 5000. The number of benzene rings is 15. The van der Waals surface area contributed by atoms with E-state index in [1.54, 1.807) is 0 Å². The molecular formula is C76H46O. The van der Waals surface area contributed by atoms with Crippen LogP contribution in [0.2, 0.25) is 0 Å². The lowest BCUT2D eigenvalue weighted by molar-refractivity contribution is 0.670. The van der Waals surface area contributed by atoms with E-state index in [0.717, 1.165) is 27.5 Å². The highest BCUT2D eigenvalue weighted by atomic mass is 16.3. The maximum Gasteiger partial charge on any atom is 0.143 e. The number of hydrogen-bond acceptors (Lipinski definition) is 1. The fourth-order valence-electron chi connectivity index (χ4n) is 12.8. The first-order valence-corrected chi connectivity index (χ1v) is 26.6. The van der Waals surface area contributed by atoms with Gasteiger partial charge in [-0.3, -0.25) is 0 Å². The van der Waals surface area contributed by atoms with E-state index in [2.05, 4.69) is 273 Å². The zero-order valence-electron chi connectivity index (χ0n) is 42.0. The monoisotopic (exact) mass is 974 g/mol. The molecule has 0 aliphatic heterocycles. The zero-order valence-corrected chi connectivity index (χ0v) is 42.0. The first-order chi connectivity index (χ1) is 38.2. The molecule has 0 radical (unpaired) electrons. The molecule has 356 valence electrons. The SMILES string of the molecule is c1cc(-c2ccc3ccc(-c4ccc5ccc(-c6c7ccccc7c(-c7cccc8c7oc7ccccc78)c7ccccc67)cc5c4)cc3c2)cc(-c2c3ccccc3c(-c3ccc4ccccc4c3)c3ccccc23)c1. The molecule has 0 N–H and O–H groups in total. The predicted octanol–water partition coefficient (Wildman–Crippen LogP) is 21.7. The van der Waals surface area contributed by atoms with E-state index >= 15 is 0 Å². The van der Waals surface area contributed by atoms with Crippen molar-refractivity contribution in [3.8, 4) is 66.8 Å². The standard InChI is InChI=1S/C76H46O/c1-2-16-50-41-56(39-34-47(50)15-1)73-63-22-5-3-20-61(63)72(62-21-4-6-23-64(62)73)55-18-13-17-51(42-55)52-36-31-48-32-37-53(44-58(48)43-52)54-38-33-49-35-40-57(46-59(49)45-54)74-65-24-7-9-26-67(65)75(68-27-10-8-25-66(68)74)70-29-14-28-69-60-19-11-12-30-71(60)77-76(69)70/h1-46H. The van der Waals surface area contributed by atoms with Crippen LogP contribution in [0, 0.1) is 0 Å². The number of hydrogen-bond donors (Lipinski definition) is 0. The van der Waals surface area contributed by atoms with E-state index in [-0.39, 0.29) is 0 Å². The quantitative estimate of drug-likeness (QED) is 0.151. The summed E-state index contributed by atoms with van der Waals surface area (Å²) in [6.07, 6.45) is 0. The van der Waals surface area contributed by atoms with Gasteiger partial charge in [-0.15, -0.1) is 0 Å². The first-order valence-electron chi connectivity index (χ1n) is 26.6. The van der Waals surface area contributed by atoms with Crippen molar-refractivity contribution in [3.05, 3.63) is 279 Å². The summed E-state index contributed by atoms with van der Waals surface area (Å²) < 4.78 is 6.66. The van der Waals surface area contributed by atoms with Crippen LogP contribution in [0.4, 0.5) is 0 Å². The van der Waals surface area contributed by atoms with Gasteiger partial charge in [-0.1, -0.05) is 237 Å². The van der Waals surface area contributed by atoms with Gasteiger partial charge in [-0.05, 0) is 174 Å². The molecule has 77 heavy (non-hydrogen) atoms. The number of fused-ring (bicyclic) bond motifs is 10. The van der Waals surface area contributed by atoms with Crippen molar-refractivity contribution in [2.45, 2.75) is 0 Å². The normalized spacial score (nSPS) is 11.9. The summed E-state index contributed by atoms with van der Waals surface area (Å²) in [7, 11) is 0. The molecule has 16 rings (SSSR count). The average Bonchev–Trinajstić information content (AvgIpc) is 4.07. The van der Waals surface area contributed by atoms with Gasteiger partial charge in [0.25, 0.3) is 0 Å². The second kappa shape index (κ2) is 17.2. The van der Waals surface area contributed by atoms with Gasteiger partial charge >= 0.3 is 0 Å². The molecule has 0 unspecified atom stereocenters. The first kappa shape index (κ1) is 43.3. The Kier molecular flexibility index (Phi) is 9.71. The number of furan rings is 1. The molecule has 1 aromatic heterocycles. The van der Waals surface area contributed by atoms with Crippen LogP contribution in [0.15, 0.2) is 283 Å². The molecular weight excluding hydrogens is 929 g/mol. The minimum Gasteiger partial charge on any atom is -0.455 e. The maximum absolute atomic E-state index is 6.66. The van der Waals surface area contributed by atoms with Crippen molar-refractivity contribution in [2.24, 2.45) is 0 Å². The van der Waals surface area contributed by atoms with Crippen LogP contribution >= 0.6 is 0 Å². The average molecular weight is 975 g/mol. The van der Waals surface area contributed by atoms with E-state index in [0.29, 0.717) is 0 Å². The number of rotatable bonds is 6. The molecule has 0 bridgehead atoms. The Morgan fingerprint density at radius 1 is 0.182 bits per heavy atom. The Hall–Kier alpha value is -10.1. The third-order valence-electron chi connectivity index (χ3n) is 16.4. The van der Waals surface area contributed by atoms with Crippen molar-refractivity contribution >= 4 is 97.3 Å². The summed E-state index contributed by atoms with van der Waals surface area (Å²) in [5, 5.41) is 19.5. The number of para-hydroxylation sites is 2. The molecule has 0 saturated carbocycles. The Balaban J connectivity index is 0.782. The molecule has 0 aliphatic rings. The van der Waals surface area contributed by atoms with Gasteiger partial charge in [-0.25, -0.2) is 0 Å². The molecule has 0 fully saturated rings. The van der Waals surface area contributed by atoms with Gasteiger partial charge in [0.2, 0.25) is 0 Å². The maximum atomic E-state index is 6.66. The molecule has 0 saturated heterocycles. The highest BCUT2D eigenvalue weighted by molar-refractivity contribution is 6.25. The third kappa shape index (κ3) is 6.95. The topological polar surface area (TPSA) is 13.1 Å². The van der Waals surface area contributed by atoms with Gasteiger partial charge < -0.3 is 4.42 Å². The minimum atomic E-state index is 0.907. The summed E-state index contributed by atoms with van der Waals surface area (Å²) in [5.74, 6) is 0. The van der Waals surface area contributed by atoms with Gasteiger partial charge in [0, 0.05) is 21.9 Å². The molecule has 0 atom stereocenters. The van der Waals surface area contributed by atoms with E-state index in [4.69, 9.17) is 4.42 Å². The molecule has 0 aliphatic carbocycles. The van der Waals surface area contributed by atoms with Crippen LogP contribution in [-0.2, 0) is 0 Å². The van der Waals surface area contributed by atoms with Crippen molar-refractivity contribution in [2.75, 3.05) is 0 Å². The van der Waals surface area contributed by atoms with E-state index in [9.17, 15) is 0 Å². The Labute approximate surface area is 445 Å². The van der Waals surface area contributed by atoms with E-state index in [1.165, 1.54) is 137 Å². The summed E-state index contributed by atoms with van der Waals surface area (Å²) >= 11 is 0. The van der Waals surface area contributed by atoms with E-state index in [1.807, 2.05) is 6.07 Å². The molecule has 0 amide bonds. The molecule has 15 aromatic carbocycles. The summed E-state index contributed by atoms with van der Waals surface area (Å²) in [4.78, 5) is 0. The second-order valence-electron chi connectivity index (χ2n) is 20.7. The zero-order chi connectivity index (χ0) is 50.6. The molecule has 1 heteroatoms. The van der Waals surface area contributed by atoms with Crippen molar-refractivity contribution in [1.29, 1.82) is 0 Å². The lowest BCUT2D eigenvalue weighted by Gasteiger charge is -2.18. The largest absolute Gasteiger partial charge is 0.455 e. The fourth-order valence-corrected chi connectivity index (χ4v) is 12.8. The van der Waals surface area contributed by atoms with Crippen LogP contribution in [-0.4, -0.2) is 0 Å². The lowest BCUT2D eigenvalue weighted by Crippen LogP contribution is -1.91. The second-order valence-corrected chi connectivity index (χ2v) is 20.7. The molecule has 0 spiro atoms. The third-order valence-corrected chi connectivity index (χ3v) is 16.4. The highest BCUT2D eigenvalue weighted by Gasteiger charge is 2.22. The van der Waals surface area contributed by atoms with Crippen LogP contribution in [0.25, 0.3) is 164 Å². The minimum absolute atomic E-state index is 0.907. The van der Waals surface area contributed by atoms with Crippen molar-refractivity contribution in [1.82, 2.24) is 0 Å². The van der Waals surface area contributed by atoms with Gasteiger partial charge in [0.1, 0.15) is 11.2 Å². The van der Waals surface area contributed by atoms with Crippen molar-refractivity contribution < 1.29 is 4.42 Å². The van der Waals surface area contributed by atoms with Crippen molar-refractivity contribution in [3.63, 3.8) is 0 Å². The fraction of sp³-hybridized carbons (Fsp3) is 0. The highest BCUT2D eigenvalue weighted by Crippen LogP contribution is 2.48. The van der Waals surface area contributed by atoms with Crippen LogP contribution < -0.4 is 0 Å². The van der Waals surface area contributed by atoms with E-state index < -0.39 is 0 Å². The van der Waals surface area contributed by atoms with Gasteiger partial charge in [-0.2, -0.15) is 0 Å². The van der Waals surface area contributed by atoms with Crippen LogP contribution in [0.1, 0.15) is 0 Å². The Morgan fingerprint density at radius 3 is 1.01 bits per heavy atom. The smallest absolute Gasteiger partial charge is 0.143 e. The molecule has 16 aromatic rings. The van der Waals surface area contributed by atoms with Gasteiger partial charge in [0.15, 0.2) is 0 Å².